The second-order valence-corrected chi connectivity index (χ2v) is 7.92. The molecule has 0 amide bonds. The molecule has 13 heteroatoms. The lowest BCUT2D eigenvalue weighted by Crippen LogP contribution is -2.51. The average molecular weight is 546 g/mol. The fourth-order valence-corrected chi connectivity index (χ4v) is 3.49. The van der Waals surface area contributed by atoms with Crippen LogP contribution < -0.4 is 10.6 Å². The predicted molar refractivity (Wildman–Crippen MR) is 111 cm³/mol. The number of nitrogens with one attached hydrogen (secondary N) is 2. The van der Waals surface area contributed by atoms with E-state index in [4.69, 9.17) is 9.47 Å². The van der Waals surface area contributed by atoms with E-state index in [1.165, 1.54) is 0 Å². The molecular weight excluding hydrogens is 516 g/mol. The van der Waals surface area contributed by atoms with E-state index < -0.39 is 15.5 Å². The van der Waals surface area contributed by atoms with E-state index in [0.717, 1.165) is 6.42 Å². The number of rotatable bonds is 10. The third-order valence-electron chi connectivity index (χ3n) is 3.92. The second kappa shape index (κ2) is 13.8. The van der Waals surface area contributed by atoms with Crippen LogP contribution in [0.3, 0.4) is 0 Å². The van der Waals surface area contributed by atoms with Crippen LogP contribution in [0.15, 0.2) is 4.99 Å². The first-order valence-corrected chi connectivity index (χ1v) is 10.3. The minimum Gasteiger partial charge on any atom is -0.382 e. The molecule has 0 unspecified atom stereocenters. The van der Waals surface area contributed by atoms with Crippen molar-refractivity contribution in [2.75, 3.05) is 53.1 Å². The summed E-state index contributed by atoms with van der Waals surface area (Å²) in [6, 6.07) is -0.138. The van der Waals surface area contributed by atoms with E-state index in [1.807, 2.05) is 6.92 Å². The van der Waals surface area contributed by atoms with Crippen molar-refractivity contribution >= 4 is 40.0 Å². The van der Waals surface area contributed by atoms with Crippen LogP contribution in [0.2, 0.25) is 0 Å². The lowest BCUT2D eigenvalue weighted by molar-refractivity contribution is -0.0494. The molecule has 0 aromatic carbocycles. The Labute approximate surface area is 181 Å². The van der Waals surface area contributed by atoms with Crippen molar-refractivity contribution in [1.82, 2.24) is 14.9 Å². The summed E-state index contributed by atoms with van der Waals surface area (Å²) in [5.74, 6) is 0.562. The molecule has 168 valence electrons. The largest absolute Gasteiger partial charge is 0.511 e. The molecule has 0 aliphatic carbocycles. The van der Waals surface area contributed by atoms with Gasteiger partial charge in [0.25, 0.3) is 0 Å². The molecule has 0 aromatic heterocycles. The predicted octanol–water partition coefficient (Wildman–Crippen LogP) is 1.53. The number of guanidine groups is 1. The molecule has 1 aliphatic rings. The number of hydrogen-bond donors (Lipinski definition) is 2. The van der Waals surface area contributed by atoms with Gasteiger partial charge in [0, 0.05) is 45.9 Å². The van der Waals surface area contributed by atoms with Gasteiger partial charge in [0.2, 0.25) is 0 Å². The Morgan fingerprint density at radius 2 is 1.86 bits per heavy atom. The van der Waals surface area contributed by atoms with Gasteiger partial charge in [-0.2, -0.15) is 17.5 Å². The minimum absolute atomic E-state index is 0. The molecular formula is C15H30F3IN4O4S. The van der Waals surface area contributed by atoms with Gasteiger partial charge in [0.1, 0.15) is 0 Å². The normalized spacial score (nSPS) is 17.2. The fourth-order valence-electron chi connectivity index (χ4n) is 2.50. The Hall–Kier alpha value is -0.380. The van der Waals surface area contributed by atoms with Gasteiger partial charge in [-0.1, -0.05) is 0 Å². The first-order valence-electron chi connectivity index (χ1n) is 8.90. The van der Waals surface area contributed by atoms with Crippen LogP contribution in [0.1, 0.15) is 26.2 Å². The maximum Gasteiger partial charge on any atom is 0.511 e. The fraction of sp³-hybridized carbons (Fsp3) is 0.933. The molecule has 0 radical (unpaired) electrons. The maximum atomic E-state index is 12.6. The molecule has 0 atom stereocenters. The van der Waals surface area contributed by atoms with Crippen molar-refractivity contribution in [2.24, 2.45) is 4.99 Å². The number of alkyl halides is 3. The first-order chi connectivity index (χ1) is 12.7. The van der Waals surface area contributed by atoms with Crippen LogP contribution in [-0.4, -0.2) is 83.3 Å². The van der Waals surface area contributed by atoms with Crippen LogP contribution in [0.5, 0.6) is 0 Å². The highest BCUT2D eigenvalue weighted by atomic mass is 127. The summed E-state index contributed by atoms with van der Waals surface area (Å²) >= 11 is 0. The Morgan fingerprint density at radius 1 is 1.21 bits per heavy atom. The summed E-state index contributed by atoms with van der Waals surface area (Å²) in [7, 11) is -3.65. The van der Waals surface area contributed by atoms with Gasteiger partial charge in [0.15, 0.2) is 5.96 Å². The Bertz CT molecular complexity index is 556. The third-order valence-corrected chi connectivity index (χ3v) is 5.55. The SMILES string of the molecule is CCNC(=NCCCOCCOC)NC1CCN(S(=O)(=O)C(F)(F)F)CC1.I. The minimum atomic E-state index is -5.25. The highest BCUT2D eigenvalue weighted by molar-refractivity contribution is 14.0. The molecule has 0 spiro atoms. The zero-order valence-corrected chi connectivity index (χ0v) is 19.3. The quantitative estimate of drug-likeness (QED) is 0.187. The highest BCUT2D eigenvalue weighted by Crippen LogP contribution is 2.28. The molecule has 1 fully saturated rings. The lowest BCUT2D eigenvalue weighted by atomic mass is 10.1. The van der Waals surface area contributed by atoms with Crippen molar-refractivity contribution in [3.63, 3.8) is 0 Å². The standard InChI is InChI=1S/C15H29F3N4O4S.HI/c1-3-19-14(20-7-4-10-26-12-11-25-2)21-13-5-8-22(9-6-13)27(23,24)15(16,17)18;/h13H,3-12H2,1-2H3,(H2,19,20,21);1H. The first kappa shape index (κ1) is 27.6. The molecule has 0 saturated carbocycles. The number of piperidine rings is 1. The van der Waals surface area contributed by atoms with Gasteiger partial charge < -0.3 is 20.1 Å². The van der Waals surface area contributed by atoms with Gasteiger partial charge in [-0.05, 0) is 26.2 Å². The Morgan fingerprint density at radius 3 is 2.39 bits per heavy atom. The number of aliphatic imine (C=N–C) groups is 1. The second-order valence-electron chi connectivity index (χ2n) is 5.99. The molecule has 28 heavy (non-hydrogen) atoms. The van der Waals surface area contributed by atoms with Crippen molar-refractivity contribution in [3.8, 4) is 0 Å². The number of halogens is 4. The summed E-state index contributed by atoms with van der Waals surface area (Å²) in [5.41, 5.74) is -5.25. The molecule has 1 aliphatic heterocycles. The Kier molecular flexibility index (Phi) is 13.6. The topological polar surface area (TPSA) is 92.3 Å². The van der Waals surface area contributed by atoms with Crippen LogP contribution in [0, 0.1) is 0 Å². The van der Waals surface area contributed by atoms with Gasteiger partial charge in [-0.15, -0.1) is 24.0 Å². The van der Waals surface area contributed by atoms with Gasteiger partial charge in [-0.25, -0.2) is 8.42 Å². The zero-order valence-electron chi connectivity index (χ0n) is 16.1. The highest BCUT2D eigenvalue weighted by Gasteiger charge is 2.50. The average Bonchev–Trinajstić information content (AvgIpc) is 2.60. The van der Waals surface area contributed by atoms with Crippen LogP contribution in [0.25, 0.3) is 0 Å². The van der Waals surface area contributed by atoms with Crippen molar-refractivity contribution < 1.29 is 31.1 Å². The summed E-state index contributed by atoms with van der Waals surface area (Å²) in [4.78, 5) is 4.40. The van der Waals surface area contributed by atoms with E-state index in [9.17, 15) is 21.6 Å². The zero-order chi connectivity index (χ0) is 20.3. The van der Waals surface area contributed by atoms with Crippen LogP contribution in [0.4, 0.5) is 13.2 Å². The Balaban J connectivity index is 0.00000729. The van der Waals surface area contributed by atoms with E-state index in [-0.39, 0.29) is 55.9 Å². The smallest absolute Gasteiger partial charge is 0.382 e. The number of hydrogen-bond acceptors (Lipinski definition) is 5. The van der Waals surface area contributed by atoms with Crippen molar-refractivity contribution in [2.45, 2.75) is 37.7 Å². The van der Waals surface area contributed by atoms with Gasteiger partial charge in [0.05, 0.1) is 13.2 Å². The molecule has 0 bridgehead atoms. The molecule has 1 rings (SSSR count). The lowest BCUT2D eigenvalue weighted by Gasteiger charge is -2.32. The van der Waals surface area contributed by atoms with Crippen molar-refractivity contribution in [1.29, 1.82) is 0 Å². The summed E-state index contributed by atoms with van der Waals surface area (Å²) in [6.07, 6.45) is 1.28. The van der Waals surface area contributed by atoms with Gasteiger partial charge in [-0.3, -0.25) is 4.99 Å². The van der Waals surface area contributed by atoms with Crippen LogP contribution >= 0.6 is 24.0 Å². The van der Waals surface area contributed by atoms with E-state index >= 15 is 0 Å². The third kappa shape index (κ3) is 9.41. The molecule has 1 heterocycles. The number of nitrogens with zero attached hydrogens (tertiary/aromatic N) is 2. The monoisotopic (exact) mass is 546 g/mol. The molecule has 8 nitrogen and oxygen atoms in total. The van der Waals surface area contributed by atoms with E-state index in [1.54, 1.807) is 7.11 Å². The number of ether oxygens (including phenoxy) is 2. The number of methoxy groups -OCH3 is 1. The van der Waals surface area contributed by atoms with Crippen LogP contribution in [-0.2, 0) is 19.5 Å². The van der Waals surface area contributed by atoms with Crippen molar-refractivity contribution in [3.05, 3.63) is 0 Å². The number of sulfonamides is 1. The van der Waals surface area contributed by atoms with E-state index in [0.29, 0.717) is 43.2 Å². The summed E-state index contributed by atoms with van der Waals surface area (Å²) in [5, 5.41) is 6.23. The molecule has 1 saturated heterocycles. The summed E-state index contributed by atoms with van der Waals surface area (Å²) < 4.78 is 71.4. The maximum absolute atomic E-state index is 12.6. The van der Waals surface area contributed by atoms with E-state index in [2.05, 4.69) is 15.6 Å². The van der Waals surface area contributed by atoms with Gasteiger partial charge >= 0.3 is 15.5 Å². The molecule has 2 N–H and O–H groups in total. The molecule has 0 aromatic rings. The summed E-state index contributed by atoms with van der Waals surface area (Å²) in [6.45, 7) is 4.34.